The largest absolute Gasteiger partial charge is 0.375 e. The Kier molecular flexibility index (Phi) is 4.92. The van der Waals surface area contributed by atoms with Gasteiger partial charge in [0.15, 0.2) is 0 Å². The Morgan fingerprint density at radius 2 is 2.21 bits per heavy atom. The molecular formula is C17H21FN4O2. The van der Waals surface area contributed by atoms with Gasteiger partial charge in [-0.15, -0.1) is 0 Å². The maximum atomic E-state index is 13.0. The maximum Gasteiger partial charge on any atom is 0.240 e. The molecule has 1 aromatic carbocycles. The number of carbonyl (C=O) groups excluding carboxylic acids is 1. The second-order valence-electron chi connectivity index (χ2n) is 5.89. The zero-order valence-electron chi connectivity index (χ0n) is 13.8. The minimum atomic E-state index is -0.341. The number of hydrogen-bond donors (Lipinski definition) is 2. The standard InChI is InChI=1S/C17H21FN4O2/c1-11-13(9-20-17(23)16-12(2)24-8-7-19-16)10-22(21-11)15-5-3-14(18)4-6-15/h3-6,10,12,16,19H,7-9H2,1-2H3,(H,20,23)/t12-,16+/m1/s1. The summed E-state index contributed by atoms with van der Waals surface area (Å²) in [4.78, 5) is 12.3. The molecule has 0 aliphatic carbocycles. The SMILES string of the molecule is Cc1nn(-c2ccc(F)cc2)cc1CNC(=O)[C@H]1NCCO[C@@H]1C. The number of nitrogens with one attached hydrogen (secondary N) is 2. The molecule has 0 radical (unpaired) electrons. The van der Waals surface area contributed by atoms with Crippen LogP contribution in [0.1, 0.15) is 18.2 Å². The lowest BCUT2D eigenvalue weighted by Crippen LogP contribution is -2.55. The number of halogens is 1. The van der Waals surface area contributed by atoms with Crippen LogP contribution in [0.25, 0.3) is 5.69 Å². The molecule has 3 rings (SSSR count). The summed E-state index contributed by atoms with van der Waals surface area (Å²) in [5, 5.41) is 10.5. The van der Waals surface area contributed by atoms with Gasteiger partial charge in [-0.25, -0.2) is 9.07 Å². The van der Waals surface area contributed by atoms with E-state index in [1.165, 1.54) is 12.1 Å². The number of ether oxygens (including phenoxy) is 1. The molecule has 6 nitrogen and oxygen atoms in total. The van der Waals surface area contributed by atoms with Crippen LogP contribution in [-0.2, 0) is 16.1 Å². The van der Waals surface area contributed by atoms with Crippen LogP contribution in [0.4, 0.5) is 4.39 Å². The lowest BCUT2D eigenvalue weighted by molar-refractivity contribution is -0.129. The maximum absolute atomic E-state index is 13.0. The number of hydrogen-bond acceptors (Lipinski definition) is 4. The number of morpholine rings is 1. The Bertz CT molecular complexity index is 714. The Balaban J connectivity index is 1.65. The molecule has 7 heteroatoms. The third-order valence-electron chi connectivity index (χ3n) is 4.14. The van der Waals surface area contributed by atoms with E-state index in [0.29, 0.717) is 19.7 Å². The van der Waals surface area contributed by atoms with E-state index in [4.69, 9.17) is 4.74 Å². The van der Waals surface area contributed by atoms with E-state index >= 15 is 0 Å². The zero-order chi connectivity index (χ0) is 17.1. The van der Waals surface area contributed by atoms with Crippen molar-refractivity contribution in [3.8, 4) is 5.69 Å². The van der Waals surface area contributed by atoms with Gasteiger partial charge in [-0.3, -0.25) is 4.79 Å². The molecular weight excluding hydrogens is 311 g/mol. The second kappa shape index (κ2) is 7.11. The van der Waals surface area contributed by atoms with Crippen LogP contribution in [0.3, 0.4) is 0 Å². The number of aryl methyl sites for hydroxylation is 1. The lowest BCUT2D eigenvalue weighted by atomic mass is 10.1. The van der Waals surface area contributed by atoms with Gasteiger partial charge in [0, 0.05) is 24.8 Å². The van der Waals surface area contributed by atoms with Crippen LogP contribution in [0.2, 0.25) is 0 Å². The Morgan fingerprint density at radius 3 is 2.92 bits per heavy atom. The molecule has 1 amide bonds. The molecule has 1 aliphatic rings. The smallest absolute Gasteiger partial charge is 0.240 e. The van der Waals surface area contributed by atoms with E-state index < -0.39 is 0 Å². The van der Waals surface area contributed by atoms with Gasteiger partial charge >= 0.3 is 0 Å². The van der Waals surface area contributed by atoms with Crippen LogP contribution >= 0.6 is 0 Å². The molecule has 2 N–H and O–H groups in total. The predicted octanol–water partition coefficient (Wildman–Crippen LogP) is 1.31. The van der Waals surface area contributed by atoms with E-state index in [0.717, 1.165) is 16.9 Å². The van der Waals surface area contributed by atoms with Crippen molar-refractivity contribution in [2.45, 2.75) is 32.5 Å². The monoisotopic (exact) mass is 332 g/mol. The number of nitrogens with zero attached hydrogens (tertiary/aromatic N) is 2. The normalized spacial score (nSPS) is 20.8. The summed E-state index contributed by atoms with van der Waals surface area (Å²) >= 11 is 0. The molecule has 1 aromatic heterocycles. The summed E-state index contributed by atoms with van der Waals surface area (Å²) in [6, 6.07) is 5.77. The van der Waals surface area contributed by atoms with Gasteiger partial charge in [0.2, 0.25) is 5.91 Å². The molecule has 0 bridgehead atoms. The molecule has 24 heavy (non-hydrogen) atoms. The topological polar surface area (TPSA) is 68.2 Å². The van der Waals surface area contributed by atoms with Crippen molar-refractivity contribution in [3.63, 3.8) is 0 Å². The average molecular weight is 332 g/mol. The van der Waals surface area contributed by atoms with E-state index in [1.807, 2.05) is 20.0 Å². The first-order chi connectivity index (χ1) is 11.5. The van der Waals surface area contributed by atoms with Crippen LogP contribution in [0, 0.1) is 12.7 Å². The van der Waals surface area contributed by atoms with E-state index in [9.17, 15) is 9.18 Å². The molecule has 0 spiro atoms. The highest BCUT2D eigenvalue weighted by molar-refractivity contribution is 5.82. The molecule has 1 fully saturated rings. The molecule has 1 aliphatic heterocycles. The first kappa shape index (κ1) is 16.6. The highest BCUT2D eigenvalue weighted by atomic mass is 19.1. The second-order valence-corrected chi connectivity index (χ2v) is 5.89. The van der Waals surface area contributed by atoms with Crippen molar-refractivity contribution in [2.24, 2.45) is 0 Å². The minimum absolute atomic E-state index is 0.0869. The van der Waals surface area contributed by atoms with Crippen molar-refractivity contribution >= 4 is 5.91 Å². The van der Waals surface area contributed by atoms with Crippen molar-refractivity contribution < 1.29 is 13.9 Å². The van der Waals surface area contributed by atoms with Crippen LogP contribution in [0.15, 0.2) is 30.5 Å². The predicted molar refractivity (Wildman–Crippen MR) is 87.3 cm³/mol. The van der Waals surface area contributed by atoms with Crippen LogP contribution < -0.4 is 10.6 Å². The van der Waals surface area contributed by atoms with Gasteiger partial charge in [0.1, 0.15) is 11.9 Å². The first-order valence-corrected chi connectivity index (χ1v) is 7.98. The summed E-state index contributed by atoms with van der Waals surface area (Å²) < 4.78 is 20.2. The number of rotatable bonds is 4. The molecule has 0 unspecified atom stereocenters. The van der Waals surface area contributed by atoms with Crippen molar-refractivity contribution in [2.75, 3.05) is 13.2 Å². The highest BCUT2D eigenvalue weighted by Crippen LogP contribution is 2.13. The van der Waals surface area contributed by atoms with Gasteiger partial charge < -0.3 is 15.4 Å². The van der Waals surface area contributed by atoms with Crippen molar-refractivity contribution in [3.05, 3.63) is 47.5 Å². The third kappa shape index (κ3) is 3.63. The third-order valence-corrected chi connectivity index (χ3v) is 4.14. The summed E-state index contributed by atoms with van der Waals surface area (Å²) in [5.74, 6) is -0.373. The van der Waals surface area contributed by atoms with Gasteiger partial charge in [-0.05, 0) is 38.1 Å². The van der Waals surface area contributed by atoms with E-state index in [1.54, 1.807) is 16.8 Å². The first-order valence-electron chi connectivity index (χ1n) is 7.98. The van der Waals surface area contributed by atoms with E-state index in [2.05, 4.69) is 15.7 Å². The molecule has 2 aromatic rings. The molecule has 2 atom stereocenters. The lowest BCUT2D eigenvalue weighted by Gasteiger charge is -2.29. The van der Waals surface area contributed by atoms with Crippen molar-refractivity contribution in [1.29, 1.82) is 0 Å². The fourth-order valence-corrected chi connectivity index (χ4v) is 2.71. The van der Waals surface area contributed by atoms with Gasteiger partial charge in [-0.1, -0.05) is 0 Å². The average Bonchev–Trinajstić information content (AvgIpc) is 2.94. The summed E-state index contributed by atoms with van der Waals surface area (Å²) in [7, 11) is 0. The number of benzene rings is 1. The molecule has 0 saturated carbocycles. The summed E-state index contributed by atoms with van der Waals surface area (Å²) in [6.07, 6.45) is 1.69. The minimum Gasteiger partial charge on any atom is -0.375 e. The van der Waals surface area contributed by atoms with E-state index in [-0.39, 0.29) is 23.9 Å². The Morgan fingerprint density at radius 1 is 1.46 bits per heavy atom. The summed E-state index contributed by atoms with van der Waals surface area (Å²) in [6.45, 7) is 5.44. The quantitative estimate of drug-likeness (QED) is 0.886. The van der Waals surface area contributed by atoms with Gasteiger partial charge in [0.25, 0.3) is 0 Å². The fourth-order valence-electron chi connectivity index (χ4n) is 2.71. The molecule has 128 valence electrons. The fraction of sp³-hybridized carbons (Fsp3) is 0.412. The highest BCUT2D eigenvalue weighted by Gasteiger charge is 2.28. The van der Waals surface area contributed by atoms with Gasteiger partial charge in [0.05, 0.1) is 24.1 Å². The van der Waals surface area contributed by atoms with Crippen molar-refractivity contribution in [1.82, 2.24) is 20.4 Å². The number of amides is 1. The van der Waals surface area contributed by atoms with Crippen LogP contribution in [0.5, 0.6) is 0 Å². The summed E-state index contributed by atoms with van der Waals surface area (Å²) in [5.41, 5.74) is 2.51. The van der Waals surface area contributed by atoms with Crippen LogP contribution in [-0.4, -0.2) is 41.0 Å². The number of aromatic nitrogens is 2. The van der Waals surface area contributed by atoms with Gasteiger partial charge in [-0.2, -0.15) is 5.10 Å². The number of carbonyl (C=O) groups is 1. The Labute approximate surface area is 140 Å². The Hall–Kier alpha value is -2.25. The molecule has 2 heterocycles. The molecule has 1 saturated heterocycles. The zero-order valence-corrected chi connectivity index (χ0v) is 13.8.